The first kappa shape index (κ1) is 15.4. The van der Waals surface area contributed by atoms with E-state index < -0.39 is 0 Å². The summed E-state index contributed by atoms with van der Waals surface area (Å²) >= 11 is 0. The van der Waals surface area contributed by atoms with Gasteiger partial charge < -0.3 is 9.47 Å². The Morgan fingerprint density at radius 2 is 2.17 bits per heavy atom. The van der Waals surface area contributed by atoms with E-state index in [0.29, 0.717) is 12.0 Å². The molecular formula is C18H25N5O. The highest BCUT2D eigenvalue weighted by Crippen LogP contribution is 2.41. The van der Waals surface area contributed by atoms with E-state index in [2.05, 4.69) is 27.8 Å². The first-order valence-corrected chi connectivity index (χ1v) is 9.02. The van der Waals surface area contributed by atoms with E-state index in [1.165, 1.54) is 12.8 Å². The van der Waals surface area contributed by atoms with Crippen LogP contribution in [0.5, 0.6) is 0 Å². The van der Waals surface area contributed by atoms with E-state index in [1.807, 2.05) is 22.8 Å². The van der Waals surface area contributed by atoms with Gasteiger partial charge in [0.25, 0.3) is 5.91 Å². The molecule has 2 fully saturated rings. The smallest absolute Gasteiger partial charge is 0.257 e. The number of nitrogens with zero attached hydrogens (tertiary/aromatic N) is 5. The number of carbonyl (C=O) groups excluding carboxylic acids is 1. The van der Waals surface area contributed by atoms with Crippen molar-refractivity contribution in [3.8, 4) is 0 Å². The van der Waals surface area contributed by atoms with Crippen LogP contribution in [0.1, 0.15) is 66.4 Å². The van der Waals surface area contributed by atoms with E-state index in [4.69, 9.17) is 0 Å². The Morgan fingerprint density at radius 3 is 2.92 bits per heavy atom. The molecule has 1 atom stereocenters. The molecule has 1 aliphatic carbocycles. The summed E-state index contributed by atoms with van der Waals surface area (Å²) in [5.74, 6) is 1.78. The molecule has 6 heteroatoms. The van der Waals surface area contributed by atoms with E-state index in [9.17, 15) is 4.79 Å². The lowest BCUT2D eigenvalue weighted by Gasteiger charge is -2.34. The number of rotatable bonds is 4. The Labute approximate surface area is 142 Å². The van der Waals surface area contributed by atoms with Crippen LogP contribution in [0.15, 0.2) is 18.6 Å². The second-order valence-electron chi connectivity index (χ2n) is 6.99. The van der Waals surface area contributed by atoms with Gasteiger partial charge in [-0.15, -0.1) is 0 Å². The SMILES string of the molecule is CCc1nccn1C1CCCN(C(=O)c2cnn(C)c2C2CC2)C1. The van der Waals surface area contributed by atoms with Crippen LogP contribution in [0, 0.1) is 0 Å². The van der Waals surface area contributed by atoms with Gasteiger partial charge in [0, 0.05) is 44.9 Å². The van der Waals surface area contributed by atoms with Crippen molar-refractivity contribution in [3.63, 3.8) is 0 Å². The summed E-state index contributed by atoms with van der Waals surface area (Å²) in [6.45, 7) is 3.73. The fraction of sp³-hybridized carbons (Fsp3) is 0.611. The second-order valence-corrected chi connectivity index (χ2v) is 6.99. The van der Waals surface area contributed by atoms with Crippen molar-refractivity contribution >= 4 is 5.91 Å². The summed E-state index contributed by atoms with van der Waals surface area (Å²) in [5.41, 5.74) is 1.93. The van der Waals surface area contributed by atoms with E-state index in [0.717, 1.165) is 49.4 Å². The zero-order valence-electron chi connectivity index (χ0n) is 14.5. The number of likely N-dealkylation sites (tertiary alicyclic amines) is 1. The zero-order chi connectivity index (χ0) is 16.7. The third-order valence-electron chi connectivity index (χ3n) is 5.32. The lowest BCUT2D eigenvalue weighted by atomic mass is 10.0. The quantitative estimate of drug-likeness (QED) is 0.867. The van der Waals surface area contributed by atoms with Gasteiger partial charge in [0.2, 0.25) is 0 Å². The van der Waals surface area contributed by atoms with Crippen LogP contribution in [0.25, 0.3) is 0 Å². The highest BCUT2D eigenvalue weighted by atomic mass is 16.2. The summed E-state index contributed by atoms with van der Waals surface area (Å²) in [5, 5.41) is 4.34. The fourth-order valence-electron chi connectivity index (χ4n) is 3.94. The third kappa shape index (κ3) is 2.64. The number of hydrogen-bond acceptors (Lipinski definition) is 3. The van der Waals surface area contributed by atoms with Crippen LogP contribution in [-0.4, -0.2) is 43.2 Å². The molecule has 2 aromatic rings. The number of carbonyl (C=O) groups is 1. The summed E-state index contributed by atoms with van der Waals surface area (Å²) < 4.78 is 4.14. The van der Waals surface area contributed by atoms with Crippen molar-refractivity contribution in [1.82, 2.24) is 24.2 Å². The molecule has 1 aliphatic heterocycles. The molecule has 4 rings (SSSR count). The summed E-state index contributed by atoms with van der Waals surface area (Å²) in [6, 6.07) is 0.334. The van der Waals surface area contributed by atoms with E-state index in [1.54, 1.807) is 6.20 Å². The lowest BCUT2D eigenvalue weighted by molar-refractivity contribution is 0.0676. The van der Waals surface area contributed by atoms with Crippen LogP contribution >= 0.6 is 0 Å². The maximum absolute atomic E-state index is 13.1. The van der Waals surface area contributed by atoms with Crippen molar-refractivity contribution in [2.75, 3.05) is 13.1 Å². The zero-order valence-corrected chi connectivity index (χ0v) is 14.5. The van der Waals surface area contributed by atoms with Gasteiger partial charge in [-0.2, -0.15) is 5.10 Å². The van der Waals surface area contributed by atoms with Crippen molar-refractivity contribution < 1.29 is 4.79 Å². The molecule has 0 spiro atoms. The maximum Gasteiger partial charge on any atom is 0.257 e. The highest BCUT2D eigenvalue weighted by molar-refractivity contribution is 5.95. The fourth-order valence-corrected chi connectivity index (χ4v) is 3.94. The van der Waals surface area contributed by atoms with E-state index in [-0.39, 0.29) is 5.91 Å². The number of hydrogen-bond donors (Lipinski definition) is 0. The van der Waals surface area contributed by atoms with Gasteiger partial charge in [-0.3, -0.25) is 9.48 Å². The lowest BCUT2D eigenvalue weighted by Crippen LogP contribution is -2.41. The molecule has 0 N–H and O–H groups in total. The Morgan fingerprint density at radius 1 is 1.33 bits per heavy atom. The predicted molar refractivity (Wildman–Crippen MR) is 91.0 cm³/mol. The molecule has 0 aromatic carbocycles. The summed E-state index contributed by atoms with van der Waals surface area (Å²) in [7, 11) is 1.95. The first-order valence-electron chi connectivity index (χ1n) is 9.02. The maximum atomic E-state index is 13.1. The third-order valence-corrected chi connectivity index (χ3v) is 5.32. The van der Waals surface area contributed by atoms with Gasteiger partial charge >= 0.3 is 0 Å². The minimum Gasteiger partial charge on any atom is -0.336 e. The van der Waals surface area contributed by atoms with Crippen molar-refractivity contribution in [2.24, 2.45) is 7.05 Å². The van der Waals surface area contributed by atoms with Gasteiger partial charge in [0.05, 0.1) is 23.5 Å². The van der Waals surface area contributed by atoms with Gasteiger partial charge in [0.1, 0.15) is 5.82 Å². The van der Waals surface area contributed by atoms with Gasteiger partial charge in [-0.1, -0.05) is 6.92 Å². The molecule has 0 radical (unpaired) electrons. The normalized spacial score (nSPS) is 21.2. The molecule has 1 saturated carbocycles. The van der Waals surface area contributed by atoms with Crippen LogP contribution in [0.2, 0.25) is 0 Å². The minimum atomic E-state index is 0.146. The first-order chi connectivity index (χ1) is 11.7. The molecule has 0 bridgehead atoms. The van der Waals surface area contributed by atoms with Crippen molar-refractivity contribution in [1.29, 1.82) is 0 Å². The number of amides is 1. The predicted octanol–water partition coefficient (Wildman–Crippen LogP) is 2.53. The van der Waals surface area contributed by atoms with Crippen LogP contribution in [0.4, 0.5) is 0 Å². The molecule has 1 amide bonds. The number of aryl methyl sites for hydroxylation is 2. The Balaban J connectivity index is 1.55. The molecule has 24 heavy (non-hydrogen) atoms. The van der Waals surface area contributed by atoms with Gasteiger partial charge in [-0.25, -0.2) is 4.98 Å². The van der Waals surface area contributed by atoms with Crippen LogP contribution in [0.3, 0.4) is 0 Å². The highest BCUT2D eigenvalue weighted by Gasteiger charge is 2.34. The number of piperidine rings is 1. The average Bonchev–Trinajstić information content (AvgIpc) is 3.19. The van der Waals surface area contributed by atoms with Crippen LogP contribution in [-0.2, 0) is 13.5 Å². The molecule has 2 aliphatic rings. The molecule has 6 nitrogen and oxygen atoms in total. The molecule has 128 valence electrons. The van der Waals surface area contributed by atoms with Crippen molar-refractivity contribution in [2.45, 2.75) is 51.0 Å². The minimum absolute atomic E-state index is 0.146. The van der Waals surface area contributed by atoms with Gasteiger partial charge in [-0.05, 0) is 25.7 Å². The molecule has 3 heterocycles. The Kier molecular flexibility index (Phi) is 3.90. The van der Waals surface area contributed by atoms with Crippen LogP contribution < -0.4 is 0 Å². The largest absolute Gasteiger partial charge is 0.336 e. The molecule has 1 saturated heterocycles. The number of aromatic nitrogens is 4. The summed E-state index contributed by atoms with van der Waals surface area (Å²) in [6.07, 6.45) is 11.1. The summed E-state index contributed by atoms with van der Waals surface area (Å²) in [4.78, 5) is 19.5. The molecule has 2 aromatic heterocycles. The topological polar surface area (TPSA) is 56.0 Å². The number of imidazole rings is 1. The monoisotopic (exact) mass is 327 g/mol. The van der Waals surface area contributed by atoms with Gasteiger partial charge in [0.15, 0.2) is 0 Å². The molecular weight excluding hydrogens is 302 g/mol. The molecule has 1 unspecified atom stereocenters. The average molecular weight is 327 g/mol. The Bertz CT molecular complexity index is 742. The standard InChI is InChI=1S/C18H25N5O/c1-3-16-19-8-10-23(16)14-5-4-9-22(12-14)18(24)15-11-20-21(2)17(15)13-6-7-13/h8,10-11,13-14H,3-7,9,12H2,1-2H3. The van der Waals surface area contributed by atoms with E-state index >= 15 is 0 Å². The Hall–Kier alpha value is -2.11. The van der Waals surface area contributed by atoms with Crippen molar-refractivity contribution in [3.05, 3.63) is 35.7 Å². The second kappa shape index (κ2) is 6.07.